The van der Waals surface area contributed by atoms with Crippen LogP contribution in [0.25, 0.3) is 0 Å². The Kier molecular flexibility index (Phi) is 6.35. The summed E-state index contributed by atoms with van der Waals surface area (Å²) in [6.07, 6.45) is 0. The number of thioether (sulfide) groups is 1. The number of aromatic hydroxyl groups is 1. The van der Waals surface area contributed by atoms with E-state index in [0.717, 1.165) is 11.1 Å². The van der Waals surface area contributed by atoms with E-state index in [1.165, 1.54) is 21.4 Å². The number of benzene rings is 2. The Morgan fingerprint density at radius 3 is 1.96 bits per heavy atom. The van der Waals surface area contributed by atoms with Crippen molar-refractivity contribution in [2.24, 2.45) is 0 Å². The van der Waals surface area contributed by atoms with Gasteiger partial charge in [-0.25, -0.2) is 0 Å². The van der Waals surface area contributed by atoms with Gasteiger partial charge < -0.3 is 5.11 Å². The SMILES string of the molecule is Cc1cccc([SiH2]CSc2cc(C(C)(C)C)c(O)c(C(C)(C)C)c2)c1C. The highest BCUT2D eigenvalue weighted by molar-refractivity contribution is 8.00. The molecule has 1 N–H and O–H groups in total. The third-order valence-electron chi connectivity index (χ3n) is 5.06. The Morgan fingerprint density at radius 1 is 0.923 bits per heavy atom. The molecule has 2 aromatic rings. The summed E-state index contributed by atoms with van der Waals surface area (Å²) in [4.78, 5) is 1.29. The van der Waals surface area contributed by atoms with Gasteiger partial charge in [0.1, 0.15) is 5.75 Å². The van der Waals surface area contributed by atoms with E-state index in [-0.39, 0.29) is 20.3 Å². The molecular formula is C23H34OSSi. The van der Waals surface area contributed by atoms with Crippen molar-refractivity contribution < 1.29 is 5.11 Å². The lowest BCUT2D eigenvalue weighted by atomic mass is 9.79. The first kappa shape index (κ1) is 21.1. The molecule has 0 bridgehead atoms. The Morgan fingerprint density at radius 2 is 1.46 bits per heavy atom. The minimum absolute atomic E-state index is 0.0643. The van der Waals surface area contributed by atoms with Crippen molar-refractivity contribution in [3.63, 3.8) is 0 Å². The van der Waals surface area contributed by atoms with E-state index in [1.807, 2.05) is 11.8 Å². The van der Waals surface area contributed by atoms with Crippen LogP contribution in [-0.2, 0) is 10.8 Å². The number of hydrogen-bond acceptors (Lipinski definition) is 2. The van der Waals surface area contributed by atoms with Crippen LogP contribution in [0, 0.1) is 13.8 Å². The first-order chi connectivity index (χ1) is 11.9. The predicted octanol–water partition coefficient (Wildman–Crippen LogP) is 5.15. The Hall–Kier alpha value is -1.19. The van der Waals surface area contributed by atoms with Crippen molar-refractivity contribution in [1.29, 1.82) is 0 Å². The van der Waals surface area contributed by atoms with Crippen LogP contribution in [0.15, 0.2) is 35.2 Å². The van der Waals surface area contributed by atoms with E-state index < -0.39 is 0 Å². The molecule has 0 aliphatic rings. The summed E-state index contributed by atoms with van der Waals surface area (Å²) in [5.74, 6) is 0.473. The molecule has 0 atom stereocenters. The molecule has 0 unspecified atom stereocenters. The summed E-state index contributed by atoms with van der Waals surface area (Å²) >= 11 is 1.95. The molecule has 0 aromatic heterocycles. The van der Waals surface area contributed by atoms with Gasteiger partial charge in [-0.1, -0.05) is 64.9 Å². The van der Waals surface area contributed by atoms with E-state index in [4.69, 9.17) is 0 Å². The van der Waals surface area contributed by atoms with Gasteiger partial charge in [-0.2, -0.15) is 0 Å². The molecule has 142 valence electrons. The van der Waals surface area contributed by atoms with Gasteiger partial charge in [0.15, 0.2) is 0 Å². The highest BCUT2D eigenvalue weighted by Crippen LogP contribution is 2.41. The molecule has 0 aliphatic heterocycles. The maximum atomic E-state index is 10.9. The molecule has 0 heterocycles. The lowest BCUT2D eigenvalue weighted by Crippen LogP contribution is -2.20. The van der Waals surface area contributed by atoms with Crippen LogP contribution < -0.4 is 5.19 Å². The minimum Gasteiger partial charge on any atom is -0.507 e. The normalized spacial score (nSPS) is 12.9. The van der Waals surface area contributed by atoms with E-state index in [1.54, 1.807) is 5.19 Å². The summed E-state index contributed by atoms with van der Waals surface area (Å²) in [5, 5.41) is 13.6. The average molecular weight is 387 g/mol. The Labute approximate surface area is 166 Å². The highest BCUT2D eigenvalue weighted by Gasteiger charge is 2.26. The lowest BCUT2D eigenvalue weighted by molar-refractivity contribution is 0.422. The molecule has 2 rings (SSSR count). The standard InChI is InChI=1S/C23H34OSSi/c1-15-10-9-11-20(16(15)2)26-14-25-17-12-18(22(3,4)5)21(24)19(13-17)23(6,7)8/h9-13,24H,14,26H2,1-8H3. The fourth-order valence-corrected chi connectivity index (χ4v) is 6.79. The van der Waals surface area contributed by atoms with Crippen molar-refractivity contribution >= 4 is 26.5 Å². The molecule has 1 nitrogen and oxygen atoms in total. The van der Waals surface area contributed by atoms with Crippen LogP contribution in [0.4, 0.5) is 0 Å². The van der Waals surface area contributed by atoms with Gasteiger partial charge in [-0.3, -0.25) is 0 Å². The number of phenols is 1. The van der Waals surface area contributed by atoms with Crippen molar-refractivity contribution in [3.05, 3.63) is 52.6 Å². The van der Waals surface area contributed by atoms with Crippen LogP contribution in [0.2, 0.25) is 0 Å². The molecule has 0 amide bonds. The zero-order valence-corrected chi connectivity index (χ0v) is 19.9. The van der Waals surface area contributed by atoms with Crippen LogP contribution in [0.1, 0.15) is 63.8 Å². The fraction of sp³-hybridized carbons (Fsp3) is 0.478. The zero-order valence-electron chi connectivity index (χ0n) is 17.7. The maximum absolute atomic E-state index is 10.9. The monoisotopic (exact) mass is 386 g/mol. The van der Waals surface area contributed by atoms with E-state index >= 15 is 0 Å². The third-order valence-corrected chi connectivity index (χ3v) is 8.56. The molecule has 26 heavy (non-hydrogen) atoms. The summed E-state index contributed by atoms with van der Waals surface area (Å²) < 4.78 is 0. The Balaban J connectivity index is 2.27. The summed E-state index contributed by atoms with van der Waals surface area (Å²) in [6, 6.07) is 11.1. The minimum atomic E-state index is -0.308. The fourth-order valence-electron chi connectivity index (χ4n) is 3.20. The number of hydrogen-bond donors (Lipinski definition) is 1. The second-order valence-electron chi connectivity index (χ2n) is 9.32. The smallest absolute Gasteiger partial charge is 0.123 e. The highest BCUT2D eigenvalue weighted by atomic mass is 32.2. The molecule has 0 saturated heterocycles. The molecule has 0 fully saturated rings. The van der Waals surface area contributed by atoms with Gasteiger partial charge in [0.25, 0.3) is 0 Å². The largest absolute Gasteiger partial charge is 0.507 e. The van der Waals surface area contributed by atoms with Crippen LogP contribution in [0.5, 0.6) is 5.75 Å². The molecule has 3 heteroatoms. The Bertz CT molecular complexity index is 747. The second kappa shape index (κ2) is 7.81. The number of aryl methyl sites for hydroxylation is 1. The predicted molar refractivity (Wildman–Crippen MR) is 120 cm³/mol. The van der Waals surface area contributed by atoms with Crippen LogP contribution in [-0.4, -0.2) is 20.0 Å². The quantitative estimate of drug-likeness (QED) is 0.579. The maximum Gasteiger partial charge on any atom is 0.123 e. The summed E-state index contributed by atoms with van der Waals surface area (Å²) in [7, 11) is -0.308. The summed E-state index contributed by atoms with van der Waals surface area (Å²) in [5.41, 5.74) is 4.85. The number of phenolic OH excluding ortho intramolecular Hbond substituents is 1. The van der Waals surface area contributed by atoms with Gasteiger partial charge in [0.05, 0.1) is 9.52 Å². The van der Waals surface area contributed by atoms with Crippen LogP contribution >= 0.6 is 11.8 Å². The first-order valence-corrected chi connectivity index (χ1v) is 12.2. The van der Waals surface area contributed by atoms with E-state index in [0.29, 0.717) is 5.75 Å². The topological polar surface area (TPSA) is 20.2 Å². The van der Waals surface area contributed by atoms with Gasteiger partial charge in [-0.15, -0.1) is 11.8 Å². The first-order valence-electron chi connectivity index (χ1n) is 9.47. The van der Waals surface area contributed by atoms with Crippen LogP contribution in [0.3, 0.4) is 0 Å². The lowest BCUT2D eigenvalue weighted by Gasteiger charge is -2.28. The van der Waals surface area contributed by atoms with Gasteiger partial charge in [-0.05, 0) is 53.3 Å². The van der Waals surface area contributed by atoms with Gasteiger partial charge >= 0.3 is 0 Å². The third kappa shape index (κ3) is 4.95. The molecule has 0 radical (unpaired) electrons. The molecule has 2 aromatic carbocycles. The summed E-state index contributed by atoms with van der Waals surface area (Å²) in [6.45, 7) is 17.5. The van der Waals surface area contributed by atoms with Crippen molar-refractivity contribution in [1.82, 2.24) is 0 Å². The average Bonchev–Trinajstić information content (AvgIpc) is 2.50. The van der Waals surface area contributed by atoms with Crippen molar-refractivity contribution in [2.75, 3.05) is 5.38 Å². The molecule has 0 spiro atoms. The molecular weight excluding hydrogens is 352 g/mol. The van der Waals surface area contributed by atoms with Crippen molar-refractivity contribution in [2.45, 2.75) is 71.1 Å². The van der Waals surface area contributed by atoms with Gasteiger partial charge in [0.2, 0.25) is 0 Å². The molecule has 0 aliphatic carbocycles. The molecule has 0 saturated carbocycles. The van der Waals surface area contributed by atoms with Gasteiger partial charge in [0, 0.05) is 16.0 Å². The van der Waals surface area contributed by atoms with E-state index in [2.05, 4.69) is 85.7 Å². The van der Waals surface area contributed by atoms with E-state index in [9.17, 15) is 5.11 Å². The zero-order chi connectivity index (χ0) is 19.7. The van der Waals surface area contributed by atoms with Crippen molar-refractivity contribution in [3.8, 4) is 5.75 Å². The number of rotatable bonds is 4. The second-order valence-corrected chi connectivity index (χ2v) is 13.0.